The summed E-state index contributed by atoms with van der Waals surface area (Å²) in [5.41, 5.74) is -1.18. The molecule has 27 heavy (non-hydrogen) atoms. The van der Waals surface area contributed by atoms with Crippen molar-refractivity contribution >= 4 is 5.97 Å². The third-order valence-electron chi connectivity index (χ3n) is 4.14. The van der Waals surface area contributed by atoms with Gasteiger partial charge < -0.3 is 4.74 Å². The van der Waals surface area contributed by atoms with Crippen molar-refractivity contribution in [2.24, 2.45) is 11.3 Å². The molecule has 0 aliphatic rings. The summed E-state index contributed by atoms with van der Waals surface area (Å²) in [5.74, 6) is -21.0. The molecule has 0 amide bonds. The zero-order chi connectivity index (χ0) is 22.1. The average molecular weight is 418 g/mol. The van der Waals surface area contributed by atoms with Gasteiger partial charge in [-0.25, -0.2) is 0 Å². The molecule has 162 valence electrons. The van der Waals surface area contributed by atoms with Gasteiger partial charge in [-0.1, -0.05) is 20.8 Å². The molecule has 0 aliphatic carbocycles. The van der Waals surface area contributed by atoms with Crippen molar-refractivity contribution in [1.29, 1.82) is 0 Å². The van der Waals surface area contributed by atoms with Crippen LogP contribution in [0.4, 0.5) is 39.5 Å². The van der Waals surface area contributed by atoms with Gasteiger partial charge in [0.15, 0.2) is 0 Å². The number of esters is 1. The second-order valence-electron chi connectivity index (χ2n) is 7.45. The van der Waals surface area contributed by atoms with Crippen molar-refractivity contribution in [3.63, 3.8) is 0 Å². The molecule has 0 spiro atoms. The Morgan fingerprint density at radius 1 is 0.889 bits per heavy atom. The van der Waals surface area contributed by atoms with Crippen LogP contribution in [0.5, 0.6) is 0 Å². The van der Waals surface area contributed by atoms with Crippen LogP contribution in [0.1, 0.15) is 53.9 Å². The second kappa shape index (κ2) is 8.06. The van der Waals surface area contributed by atoms with Gasteiger partial charge in [0.1, 0.15) is 6.10 Å². The molecule has 0 saturated carbocycles. The van der Waals surface area contributed by atoms with Gasteiger partial charge in [0, 0.05) is 0 Å². The summed E-state index contributed by atoms with van der Waals surface area (Å²) >= 11 is 0. The van der Waals surface area contributed by atoms with E-state index in [2.05, 4.69) is 0 Å². The first-order valence-electron chi connectivity index (χ1n) is 8.14. The highest BCUT2D eigenvalue weighted by molar-refractivity contribution is 5.76. The molecule has 0 aromatic carbocycles. The summed E-state index contributed by atoms with van der Waals surface area (Å²) in [6, 6.07) is 0. The molecule has 0 N–H and O–H groups in total. The molecule has 0 fully saturated rings. The Hall–Kier alpha value is -1.16. The van der Waals surface area contributed by atoms with Crippen LogP contribution >= 0.6 is 0 Å². The van der Waals surface area contributed by atoms with Crippen LogP contribution in [-0.2, 0) is 9.53 Å². The summed E-state index contributed by atoms with van der Waals surface area (Å²) in [7, 11) is 0. The number of ether oxygens (including phenoxy) is 1. The number of carbonyl (C=O) groups is 1. The lowest BCUT2D eigenvalue weighted by molar-refractivity contribution is -0.398. The van der Waals surface area contributed by atoms with Gasteiger partial charge in [-0.3, -0.25) is 4.79 Å². The molecule has 0 rings (SSSR count). The molecule has 2 nitrogen and oxygen atoms in total. The third-order valence-corrected chi connectivity index (χ3v) is 4.14. The molecule has 0 aromatic rings. The van der Waals surface area contributed by atoms with Crippen LogP contribution in [0.3, 0.4) is 0 Å². The number of halogens is 9. The molecule has 11 heteroatoms. The van der Waals surface area contributed by atoms with E-state index < -0.39 is 60.2 Å². The molecule has 1 atom stereocenters. The van der Waals surface area contributed by atoms with E-state index >= 15 is 0 Å². The van der Waals surface area contributed by atoms with Crippen LogP contribution in [0.25, 0.3) is 0 Å². The van der Waals surface area contributed by atoms with Gasteiger partial charge in [-0.05, 0) is 32.6 Å². The molecule has 0 aromatic heterocycles. The van der Waals surface area contributed by atoms with E-state index in [0.29, 0.717) is 0 Å². The lowest BCUT2D eigenvalue weighted by Crippen LogP contribution is -2.61. The Morgan fingerprint density at radius 3 is 1.67 bits per heavy atom. The molecular formula is C16H23F9O2. The minimum absolute atomic E-state index is 0.193. The maximum Gasteiger partial charge on any atom is 0.460 e. The lowest BCUT2D eigenvalue weighted by atomic mass is 9.90. The third kappa shape index (κ3) is 5.66. The van der Waals surface area contributed by atoms with E-state index in [0.717, 1.165) is 0 Å². The predicted octanol–water partition coefficient (Wildman–Crippen LogP) is 6.24. The van der Waals surface area contributed by atoms with Crippen LogP contribution in [-0.4, -0.2) is 36.0 Å². The largest absolute Gasteiger partial charge is 0.462 e. The van der Waals surface area contributed by atoms with Crippen LogP contribution in [0.15, 0.2) is 0 Å². The van der Waals surface area contributed by atoms with E-state index in [1.165, 1.54) is 27.7 Å². The number of hydrogen-bond donors (Lipinski definition) is 0. The first-order chi connectivity index (χ1) is 11.7. The van der Waals surface area contributed by atoms with Gasteiger partial charge >= 0.3 is 29.9 Å². The van der Waals surface area contributed by atoms with Crippen LogP contribution < -0.4 is 0 Å². The second-order valence-corrected chi connectivity index (χ2v) is 7.45. The highest BCUT2D eigenvalue weighted by Crippen LogP contribution is 2.54. The topological polar surface area (TPSA) is 26.3 Å². The standard InChI is InChI=1S/C16H23F9O2/c1-6-12(4,5)11(26)27-10(7-9(2)3)8-13(17,18)14(19,20)15(21,22)16(23,24)25/h9-10H,6-8H2,1-5H3. The van der Waals surface area contributed by atoms with Crippen molar-refractivity contribution in [2.45, 2.75) is 83.9 Å². The predicted molar refractivity (Wildman–Crippen MR) is 78.9 cm³/mol. The van der Waals surface area contributed by atoms with Crippen LogP contribution in [0, 0.1) is 11.3 Å². The first-order valence-corrected chi connectivity index (χ1v) is 8.14. The Morgan fingerprint density at radius 2 is 1.33 bits per heavy atom. The Labute approximate surface area is 151 Å². The summed E-state index contributed by atoms with van der Waals surface area (Å²) in [4.78, 5) is 12.0. The van der Waals surface area contributed by atoms with Gasteiger partial charge in [-0.15, -0.1) is 0 Å². The molecule has 0 aliphatic heterocycles. The van der Waals surface area contributed by atoms with Crippen LogP contribution in [0.2, 0.25) is 0 Å². The average Bonchev–Trinajstić information content (AvgIpc) is 2.44. The maximum absolute atomic E-state index is 13.8. The van der Waals surface area contributed by atoms with E-state index in [1.807, 2.05) is 0 Å². The fourth-order valence-electron chi connectivity index (χ4n) is 1.98. The van der Waals surface area contributed by atoms with Crippen molar-refractivity contribution in [2.75, 3.05) is 0 Å². The zero-order valence-electron chi connectivity index (χ0n) is 15.5. The molecule has 0 radical (unpaired) electrons. The van der Waals surface area contributed by atoms with Crippen molar-refractivity contribution in [3.8, 4) is 0 Å². The summed E-state index contributed by atoms with van der Waals surface area (Å²) in [5, 5.41) is 0. The molecule has 0 bridgehead atoms. The Kier molecular flexibility index (Phi) is 7.72. The molecular weight excluding hydrogens is 395 g/mol. The number of rotatable bonds is 9. The van der Waals surface area contributed by atoms with E-state index in [4.69, 9.17) is 4.74 Å². The monoisotopic (exact) mass is 418 g/mol. The molecule has 1 unspecified atom stereocenters. The van der Waals surface area contributed by atoms with Gasteiger partial charge in [-0.2, -0.15) is 39.5 Å². The maximum atomic E-state index is 13.8. The fourth-order valence-corrected chi connectivity index (χ4v) is 1.98. The number of carbonyl (C=O) groups excluding carboxylic acids is 1. The summed E-state index contributed by atoms with van der Waals surface area (Å²) in [6.45, 7) is 7.22. The minimum atomic E-state index is -6.96. The van der Waals surface area contributed by atoms with E-state index in [9.17, 15) is 44.3 Å². The van der Waals surface area contributed by atoms with Gasteiger partial charge in [0.2, 0.25) is 0 Å². The normalized spacial score (nSPS) is 15.8. The van der Waals surface area contributed by atoms with Crippen molar-refractivity contribution < 1.29 is 49.0 Å². The zero-order valence-corrected chi connectivity index (χ0v) is 15.5. The SMILES string of the molecule is CCC(C)(C)C(=O)OC(CC(C)C)CC(F)(F)C(F)(F)C(F)(F)C(F)(F)F. The Balaban J connectivity index is 5.72. The lowest BCUT2D eigenvalue weighted by Gasteiger charge is -2.36. The smallest absolute Gasteiger partial charge is 0.460 e. The fraction of sp³-hybridized carbons (Fsp3) is 0.938. The Bertz CT molecular complexity index is 511. The van der Waals surface area contributed by atoms with Crippen molar-refractivity contribution in [3.05, 3.63) is 0 Å². The number of alkyl halides is 9. The van der Waals surface area contributed by atoms with E-state index in [-0.39, 0.29) is 6.42 Å². The highest BCUT2D eigenvalue weighted by Gasteiger charge is 2.81. The van der Waals surface area contributed by atoms with E-state index in [1.54, 1.807) is 6.92 Å². The minimum Gasteiger partial charge on any atom is -0.462 e. The summed E-state index contributed by atoms with van der Waals surface area (Å²) < 4.78 is 122. The van der Waals surface area contributed by atoms with Gasteiger partial charge in [0.25, 0.3) is 0 Å². The van der Waals surface area contributed by atoms with Crippen molar-refractivity contribution in [1.82, 2.24) is 0 Å². The number of hydrogen-bond acceptors (Lipinski definition) is 2. The highest BCUT2D eigenvalue weighted by atomic mass is 19.4. The first kappa shape index (κ1) is 25.8. The summed E-state index contributed by atoms with van der Waals surface area (Å²) in [6.07, 6.45) is -11.2. The molecule has 0 heterocycles. The molecule has 0 saturated heterocycles. The van der Waals surface area contributed by atoms with Gasteiger partial charge in [0.05, 0.1) is 11.8 Å². The quantitative estimate of drug-likeness (QED) is 0.327.